The summed E-state index contributed by atoms with van der Waals surface area (Å²) < 4.78 is 0.757. The number of nitrogens with two attached hydrogens (primary N) is 1. The fourth-order valence-electron chi connectivity index (χ4n) is 2.53. The minimum atomic E-state index is -0.134. The second-order valence-electron chi connectivity index (χ2n) is 5.15. The molecule has 5 heteroatoms. The van der Waals surface area contributed by atoms with Crippen molar-refractivity contribution in [1.29, 1.82) is 0 Å². The van der Waals surface area contributed by atoms with Gasteiger partial charge >= 0.3 is 0 Å². The van der Waals surface area contributed by atoms with Crippen molar-refractivity contribution in [3.8, 4) is 5.75 Å². The van der Waals surface area contributed by atoms with Crippen LogP contribution in [0, 0.1) is 0 Å². The highest BCUT2D eigenvalue weighted by Gasteiger charge is 2.26. The van der Waals surface area contributed by atoms with E-state index in [2.05, 4.69) is 15.9 Å². The van der Waals surface area contributed by atoms with Gasteiger partial charge < -0.3 is 15.7 Å². The lowest BCUT2D eigenvalue weighted by atomic mass is 9.90. The Morgan fingerprint density at radius 2 is 2.00 bits per heavy atom. The first-order valence-corrected chi connectivity index (χ1v) is 7.29. The highest BCUT2D eigenvalue weighted by atomic mass is 79.9. The van der Waals surface area contributed by atoms with Gasteiger partial charge in [-0.2, -0.15) is 0 Å². The van der Waals surface area contributed by atoms with E-state index in [4.69, 9.17) is 5.73 Å². The van der Waals surface area contributed by atoms with Gasteiger partial charge in [0, 0.05) is 23.6 Å². The molecule has 1 saturated carbocycles. The van der Waals surface area contributed by atoms with Crippen LogP contribution in [0.1, 0.15) is 36.0 Å². The largest absolute Gasteiger partial charge is 0.507 e. The average Bonchev–Trinajstić information content (AvgIpc) is 2.38. The Hall–Kier alpha value is -1.07. The van der Waals surface area contributed by atoms with Crippen LogP contribution in [0.5, 0.6) is 5.75 Å². The number of hydrogen-bond donors (Lipinski definition) is 2. The van der Waals surface area contributed by atoms with Crippen LogP contribution in [-0.2, 0) is 0 Å². The molecule has 1 aliphatic rings. The molecule has 0 unspecified atom stereocenters. The molecule has 0 bridgehead atoms. The van der Waals surface area contributed by atoms with E-state index < -0.39 is 0 Å². The molecule has 3 N–H and O–H groups in total. The van der Waals surface area contributed by atoms with Gasteiger partial charge in [0.15, 0.2) is 0 Å². The number of benzene rings is 1. The number of hydrogen-bond acceptors (Lipinski definition) is 3. The predicted molar refractivity (Wildman–Crippen MR) is 78.1 cm³/mol. The van der Waals surface area contributed by atoms with E-state index in [1.54, 1.807) is 24.1 Å². The highest BCUT2D eigenvalue weighted by Crippen LogP contribution is 2.26. The lowest BCUT2D eigenvalue weighted by molar-refractivity contribution is 0.0687. The SMILES string of the molecule is CN(C(=O)c1ccc(Br)cc1O)C1CCC(N)CC1. The molecule has 1 amide bonds. The fraction of sp³-hybridized carbons (Fsp3) is 0.500. The first-order valence-electron chi connectivity index (χ1n) is 6.50. The number of nitrogens with zero attached hydrogens (tertiary/aromatic N) is 1. The molecule has 0 heterocycles. The molecule has 0 saturated heterocycles. The zero-order chi connectivity index (χ0) is 14.0. The average molecular weight is 327 g/mol. The maximum absolute atomic E-state index is 12.4. The Morgan fingerprint density at radius 3 is 2.58 bits per heavy atom. The van der Waals surface area contributed by atoms with Crippen LogP contribution >= 0.6 is 15.9 Å². The minimum Gasteiger partial charge on any atom is -0.507 e. The van der Waals surface area contributed by atoms with Crippen molar-refractivity contribution in [3.05, 3.63) is 28.2 Å². The van der Waals surface area contributed by atoms with E-state index >= 15 is 0 Å². The second kappa shape index (κ2) is 5.92. The molecule has 1 fully saturated rings. The molecule has 0 aromatic heterocycles. The van der Waals surface area contributed by atoms with Crippen molar-refractivity contribution in [2.24, 2.45) is 5.73 Å². The van der Waals surface area contributed by atoms with Gasteiger partial charge in [0.2, 0.25) is 0 Å². The lowest BCUT2D eigenvalue weighted by Crippen LogP contribution is -2.41. The third kappa shape index (κ3) is 3.28. The van der Waals surface area contributed by atoms with E-state index in [-0.39, 0.29) is 23.7 Å². The second-order valence-corrected chi connectivity index (χ2v) is 6.06. The van der Waals surface area contributed by atoms with Crippen LogP contribution in [0.25, 0.3) is 0 Å². The molecule has 0 spiro atoms. The van der Waals surface area contributed by atoms with Crippen LogP contribution in [0.2, 0.25) is 0 Å². The Morgan fingerprint density at radius 1 is 1.37 bits per heavy atom. The number of amides is 1. The molecule has 19 heavy (non-hydrogen) atoms. The van der Waals surface area contributed by atoms with Crippen molar-refractivity contribution in [3.63, 3.8) is 0 Å². The minimum absolute atomic E-state index is 0.0127. The normalized spacial score (nSPS) is 23.1. The van der Waals surface area contributed by atoms with Crippen LogP contribution in [0.15, 0.2) is 22.7 Å². The van der Waals surface area contributed by atoms with Gasteiger partial charge in [0.25, 0.3) is 5.91 Å². The Kier molecular flexibility index (Phi) is 4.47. The lowest BCUT2D eigenvalue weighted by Gasteiger charge is -2.33. The van der Waals surface area contributed by atoms with Gasteiger partial charge in [-0.15, -0.1) is 0 Å². The van der Waals surface area contributed by atoms with Crippen LogP contribution in [-0.4, -0.2) is 35.0 Å². The van der Waals surface area contributed by atoms with Crippen LogP contribution in [0.3, 0.4) is 0 Å². The zero-order valence-corrected chi connectivity index (χ0v) is 12.6. The van der Waals surface area contributed by atoms with Crippen molar-refractivity contribution in [2.45, 2.75) is 37.8 Å². The first-order chi connectivity index (χ1) is 8.99. The van der Waals surface area contributed by atoms with E-state index in [0.29, 0.717) is 5.56 Å². The predicted octanol–water partition coefficient (Wildman–Crippen LogP) is 2.50. The summed E-state index contributed by atoms with van der Waals surface area (Å²) in [7, 11) is 1.80. The molecule has 0 atom stereocenters. The molecule has 2 rings (SSSR count). The maximum atomic E-state index is 12.4. The molecule has 0 aliphatic heterocycles. The maximum Gasteiger partial charge on any atom is 0.257 e. The fourth-order valence-corrected chi connectivity index (χ4v) is 2.88. The molecule has 104 valence electrons. The van der Waals surface area contributed by atoms with Crippen molar-refractivity contribution in [1.82, 2.24) is 4.90 Å². The molecule has 1 aliphatic carbocycles. The number of rotatable bonds is 2. The summed E-state index contributed by atoms with van der Waals surface area (Å²) in [6.45, 7) is 0. The van der Waals surface area contributed by atoms with Gasteiger partial charge in [-0.1, -0.05) is 15.9 Å². The summed E-state index contributed by atoms with van der Waals surface area (Å²) >= 11 is 3.27. The van der Waals surface area contributed by atoms with Gasteiger partial charge in [-0.25, -0.2) is 0 Å². The molecule has 1 aromatic rings. The van der Waals surface area contributed by atoms with Crippen LogP contribution < -0.4 is 5.73 Å². The molecule has 4 nitrogen and oxygen atoms in total. The van der Waals surface area contributed by atoms with E-state index in [1.807, 2.05) is 0 Å². The van der Waals surface area contributed by atoms with E-state index in [0.717, 1.165) is 30.2 Å². The first kappa shape index (κ1) is 14.3. The zero-order valence-electron chi connectivity index (χ0n) is 11.0. The van der Waals surface area contributed by atoms with Gasteiger partial charge in [0.05, 0.1) is 5.56 Å². The quantitative estimate of drug-likeness (QED) is 0.877. The smallest absolute Gasteiger partial charge is 0.257 e. The monoisotopic (exact) mass is 326 g/mol. The van der Waals surface area contributed by atoms with Crippen molar-refractivity contribution >= 4 is 21.8 Å². The van der Waals surface area contributed by atoms with E-state index in [9.17, 15) is 9.90 Å². The molecule has 1 aromatic carbocycles. The topological polar surface area (TPSA) is 66.6 Å². The number of carbonyl (C=O) groups is 1. The summed E-state index contributed by atoms with van der Waals surface area (Å²) in [5.74, 6) is -0.121. The van der Waals surface area contributed by atoms with Crippen molar-refractivity contribution < 1.29 is 9.90 Å². The van der Waals surface area contributed by atoms with Gasteiger partial charge in [-0.3, -0.25) is 4.79 Å². The Balaban J connectivity index is 2.10. The summed E-state index contributed by atoms with van der Waals surface area (Å²) in [4.78, 5) is 14.1. The summed E-state index contributed by atoms with van der Waals surface area (Å²) in [5.41, 5.74) is 6.22. The number of phenols is 1. The number of carbonyl (C=O) groups excluding carboxylic acids is 1. The third-order valence-electron chi connectivity index (χ3n) is 3.80. The number of phenolic OH excluding ortho intramolecular Hbond substituents is 1. The molecule has 0 radical (unpaired) electrons. The summed E-state index contributed by atoms with van der Waals surface area (Å²) in [6.07, 6.45) is 3.77. The van der Waals surface area contributed by atoms with E-state index in [1.165, 1.54) is 6.07 Å². The van der Waals surface area contributed by atoms with Gasteiger partial charge in [0.1, 0.15) is 5.75 Å². The Labute approximate surface area is 121 Å². The van der Waals surface area contributed by atoms with Crippen molar-refractivity contribution in [2.75, 3.05) is 7.05 Å². The summed E-state index contributed by atoms with van der Waals surface area (Å²) in [5, 5.41) is 9.85. The third-order valence-corrected chi connectivity index (χ3v) is 4.29. The Bertz CT molecular complexity index is 471. The standard InChI is InChI=1S/C14H19BrN2O2/c1-17(11-5-3-10(16)4-6-11)14(19)12-7-2-9(15)8-13(12)18/h2,7-8,10-11,18H,3-6,16H2,1H3. The van der Waals surface area contributed by atoms with Gasteiger partial charge in [-0.05, 0) is 43.9 Å². The summed E-state index contributed by atoms with van der Waals surface area (Å²) in [6, 6.07) is 5.43. The number of aromatic hydroxyl groups is 1. The molecular formula is C14H19BrN2O2. The number of halogens is 1. The molecular weight excluding hydrogens is 308 g/mol. The highest BCUT2D eigenvalue weighted by molar-refractivity contribution is 9.10. The van der Waals surface area contributed by atoms with Crippen LogP contribution in [0.4, 0.5) is 0 Å².